The van der Waals surface area contributed by atoms with Crippen LogP contribution in [0.2, 0.25) is 0 Å². The minimum atomic E-state index is -1.35. The van der Waals surface area contributed by atoms with Crippen molar-refractivity contribution in [3.05, 3.63) is 0 Å². The molecular weight excluding hydrogens is 881 g/mol. The summed E-state index contributed by atoms with van der Waals surface area (Å²) >= 11 is 0. The molecule has 0 spiro atoms. The molecule has 2 heterocycles. The van der Waals surface area contributed by atoms with Crippen LogP contribution in [-0.4, -0.2) is 168 Å². The molecule has 2 aliphatic rings. The maximum absolute atomic E-state index is 13.4. The zero-order valence-electron chi connectivity index (χ0n) is 39.1. The van der Waals surface area contributed by atoms with E-state index < -0.39 is 133 Å². The number of aliphatic hydroxyl groups excluding tert-OH is 1. The van der Waals surface area contributed by atoms with Gasteiger partial charge in [0.2, 0.25) is 59.1 Å². The molecule has 25 heteroatoms. The number of unbranched alkanes of at least 4 members (excludes halogenated alkanes) is 1. The van der Waals surface area contributed by atoms with Crippen LogP contribution in [0.25, 0.3) is 0 Å². The molecule has 2 aliphatic heterocycles. The minimum Gasteiger partial charge on any atom is -0.480 e. The second-order valence-electron chi connectivity index (χ2n) is 17.7. The molecule has 25 nitrogen and oxygen atoms in total. The zero-order chi connectivity index (χ0) is 50.4. The molecule has 0 bridgehead atoms. The predicted octanol–water partition coefficient (Wildman–Crippen LogP) is -4.94. The Bertz CT molecular complexity index is 1770. The first-order valence-corrected chi connectivity index (χ1v) is 22.8. The van der Waals surface area contributed by atoms with Crippen molar-refractivity contribution in [1.82, 2.24) is 52.8 Å². The first-order chi connectivity index (χ1) is 31.5. The standard InChI is InChI=1S/C42H72N12O13/c1-22(2)15-29(53-39(63)26(11-12-32(44)56)50-33(57)19-46-37(61)28-17-25(55)18-45-28)38(62)47-20-34(58)51-30(16-23(3)4)40(64)49-24(5)36(60)48-21-35(59)54-14-8-10-31(54)41(65)52-27(42(66)67)9-6-7-13-43/h22-31,45,55H,6-21,43H2,1-5H3,(H2,44,56)(H,46,61)(H,47,62)(H,48,60)(H,49,64)(H,50,57)(H,51,58)(H,52,65)(H,53,63)(H,66,67)/t24-,25-,26-,27-,28-,29-,30-,31?/m0/s1. The molecule has 2 saturated heterocycles. The molecule has 0 saturated carbocycles. The smallest absolute Gasteiger partial charge is 0.326 e. The van der Waals surface area contributed by atoms with Crippen LogP contribution in [0.5, 0.6) is 0 Å². The van der Waals surface area contributed by atoms with E-state index in [4.69, 9.17) is 11.5 Å². The van der Waals surface area contributed by atoms with Crippen LogP contribution in [-0.2, 0) is 52.7 Å². The van der Waals surface area contributed by atoms with Gasteiger partial charge in [0, 0.05) is 19.5 Å². The quantitative estimate of drug-likeness (QED) is 0.0313. The highest BCUT2D eigenvalue weighted by Crippen LogP contribution is 2.18. The maximum atomic E-state index is 13.4. The molecule has 2 fully saturated rings. The van der Waals surface area contributed by atoms with Crippen LogP contribution >= 0.6 is 0 Å². The summed E-state index contributed by atoms with van der Waals surface area (Å²) in [4.78, 5) is 142. The summed E-state index contributed by atoms with van der Waals surface area (Å²) in [5, 5.41) is 41.9. The van der Waals surface area contributed by atoms with E-state index in [1.807, 2.05) is 0 Å². The average molecular weight is 953 g/mol. The Morgan fingerprint density at radius 2 is 1.25 bits per heavy atom. The summed E-state index contributed by atoms with van der Waals surface area (Å²) in [6, 6.07) is -7.70. The number of aliphatic hydroxyl groups is 1. The molecule has 0 aromatic heterocycles. The Morgan fingerprint density at radius 1 is 0.672 bits per heavy atom. The fourth-order valence-electron chi connectivity index (χ4n) is 7.38. The molecule has 0 aliphatic carbocycles. The Morgan fingerprint density at radius 3 is 1.82 bits per heavy atom. The lowest BCUT2D eigenvalue weighted by atomic mass is 10.0. The van der Waals surface area contributed by atoms with E-state index in [1.54, 1.807) is 27.7 Å². The van der Waals surface area contributed by atoms with Crippen LogP contribution in [0.4, 0.5) is 0 Å². The molecule has 2 rings (SSSR count). The Labute approximate surface area is 389 Å². The third-order valence-electron chi connectivity index (χ3n) is 10.9. The molecule has 10 amide bonds. The molecular formula is C42H72N12O13. The first-order valence-electron chi connectivity index (χ1n) is 22.8. The summed E-state index contributed by atoms with van der Waals surface area (Å²) in [7, 11) is 0. The molecule has 1 unspecified atom stereocenters. The predicted molar refractivity (Wildman–Crippen MR) is 239 cm³/mol. The number of carboxylic acids is 1. The van der Waals surface area contributed by atoms with Crippen LogP contribution < -0.4 is 59.3 Å². The molecule has 0 aromatic carbocycles. The summed E-state index contributed by atoms with van der Waals surface area (Å²) in [6.07, 6.45) is 1.14. The topological polar surface area (TPSA) is 392 Å². The van der Waals surface area contributed by atoms with Crippen molar-refractivity contribution in [2.24, 2.45) is 23.3 Å². The zero-order valence-corrected chi connectivity index (χ0v) is 39.1. The first kappa shape index (κ1) is 57.2. The van der Waals surface area contributed by atoms with Crippen LogP contribution in [0, 0.1) is 11.8 Å². The molecule has 0 radical (unpaired) electrons. The van der Waals surface area contributed by atoms with Gasteiger partial charge in [0.15, 0.2) is 0 Å². The number of nitrogens with one attached hydrogen (secondary N) is 9. The SMILES string of the molecule is CC(C)C[C@H](NC(=O)CNC(=O)[C@H](CC(C)C)NC(=O)[C@H](CCC(N)=O)NC(=O)CNC(=O)[C@@H]1C[C@H](O)CN1)C(=O)N[C@@H](C)C(=O)NCC(=O)N1CCCC1C(=O)N[C@@H](CCCCN)C(=O)O. The van der Waals surface area contributed by atoms with Crippen molar-refractivity contribution in [2.45, 2.75) is 147 Å². The van der Waals surface area contributed by atoms with Gasteiger partial charge in [-0.05, 0) is 83.1 Å². The number of nitrogens with two attached hydrogens (primary N) is 2. The third-order valence-corrected chi connectivity index (χ3v) is 10.9. The number of nitrogens with zero attached hydrogens (tertiary/aromatic N) is 1. The summed E-state index contributed by atoms with van der Waals surface area (Å²) in [5.41, 5.74) is 10.8. The summed E-state index contributed by atoms with van der Waals surface area (Å²) in [5.74, 6) is -8.65. The van der Waals surface area contributed by atoms with Gasteiger partial charge < -0.3 is 74.4 Å². The normalized spacial score (nSPS) is 18.9. The number of carboxylic acid groups (broad SMARTS) is 1. The second-order valence-corrected chi connectivity index (χ2v) is 17.7. The van der Waals surface area contributed by atoms with Gasteiger partial charge in [-0.25, -0.2) is 4.79 Å². The van der Waals surface area contributed by atoms with Crippen molar-refractivity contribution in [1.29, 1.82) is 0 Å². The number of likely N-dealkylation sites (tertiary alicyclic amines) is 1. The number of aliphatic carboxylic acids is 1. The number of rotatable bonds is 29. The van der Waals surface area contributed by atoms with E-state index >= 15 is 0 Å². The molecule has 0 aromatic rings. The number of hydrogen-bond donors (Lipinski definition) is 13. The molecule has 67 heavy (non-hydrogen) atoms. The van der Waals surface area contributed by atoms with Gasteiger partial charge in [0.25, 0.3) is 0 Å². The van der Waals surface area contributed by atoms with Gasteiger partial charge in [-0.3, -0.25) is 47.9 Å². The number of hydrogen-bond acceptors (Lipinski definition) is 14. The molecule has 8 atom stereocenters. The van der Waals surface area contributed by atoms with Gasteiger partial charge >= 0.3 is 5.97 Å². The van der Waals surface area contributed by atoms with Gasteiger partial charge in [0.1, 0.15) is 36.3 Å². The largest absolute Gasteiger partial charge is 0.480 e. The van der Waals surface area contributed by atoms with Gasteiger partial charge in [-0.1, -0.05) is 27.7 Å². The summed E-state index contributed by atoms with van der Waals surface area (Å²) in [6.45, 7) is 7.63. The van der Waals surface area contributed by atoms with E-state index in [1.165, 1.54) is 11.8 Å². The lowest BCUT2D eigenvalue weighted by molar-refractivity contribution is -0.144. The highest BCUT2D eigenvalue weighted by atomic mass is 16.4. The number of carbonyl (C=O) groups excluding carboxylic acids is 10. The number of carbonyl (C=O) groups is 11. The van der Waals surface area contributed by atoms with Crippen molar-refractivity contribution < 1.29 is 63.0 Å². The summed E-state index contributed by atoms with van der Waals surface area (Å²) < 4.78 is 0. The van der Waals surface area contributed by atoms with E-state index in [9.17, 15) is 63.0 Å². The lowest BCUT2D eigenvalue weighted by Gasteiger charge is -2.26. The van der Waals surface area contributed by atoms with Crippen molar-refractivity contribution in [3.8, 4) is 0 Å². The van der Waals surface area contributed by atoms with E-state index in [0.717, 1.165) is 0 Å². The van der Waals surface area contributed by atoms with Crippen LogP contribution in [0.15, 0.2) is 0 Å². The highest BCUT2D eigenvalue weighted by Gasteiger charge is 2.36. The van der Waals surface area contributed by atoms with Gasteiger partial charge in [-0.15, -0.1) is 0 Å². The van der Waals surface area contributed by atoms with Crippen LogP contribution in [0.3, 0.4) is 0 Å². The Kier molecular flexibility index (Phi) is 24.7. The number of β-amino-alcohol motifs (C(OH)–C–C–N with tert-alkyl or cyclic N) is 1. The second kappa shape index (κ2) is 28.9. The Hall–Kier alpha value is -5.95. The monoisotopic (exact) mass is 953 g/mol. The number of primary amides is 1. The van der Waals surface area contributed by atoms with Crippen molar-refractivity contribution in [3.63, 3.8) is 0 Å². The van der Waals surface area contributed by atoms with E-state index in [0.29, 0.717) is 32.2 Å². The number of amides is 10. The minimum absolute atomic E-state index is 0.0903. The lowest BCUT2D eigenvalue weighted by Crippen LogP contribution is -2.57. The highest BCUT2D eigenvalue weighted by molar-refractivity contribution is 5.97. The van der Waals surface area contributed by atoms with E-state index in [-0.39, 0.29) is 63.5 Å². The van der Waals surface area contributed by atoms with Crippen molar-refractivity contribution >= 4 is 65.0 Å². The third kappa shape index (κ3) is 21.0. The molecule has 15 N–H and O–H groups in total. The van der Waals surface area contributed by atoms with Crippen LogP contribution in [0.1, 0.15) is 98.8 Å². The van der Waals surface area contributed by atoms with E-state index in [2.05, 4.69) is 47.9 Å². The van der Waals surface area contributed by atoms with Gasteiger partial charge in [-0.2, -0.15) is 0 Å². The Balaban J connectivity index is 1.98. The molecule has 378 valence electrons. The fourth-order valence-corrected chi connectivity index (χ4v) is 7.38. The maximum Gasteiger partial charge on any atom is 0.326 e. The van der Waals surface area contributed by atoms with Gasteiger partial charge in [0.05, 0.1) is 31.8 Å². The average Bonchev–Trinajstić information content (AvgIpc) is 3.93. The fraction of sp³-hybridized carbons (Fsp3) is 0.738. The van der Waals surface area contributed by atoms with Crippen molar-refractivity contribution in [2.75, 3.05) is 39.3 Å².